The Morgan fingerprint density at radius 2 is 1.36 bits per heavy atom. The number of nitrogens with one attached hydrogen (secondary N) is 1. The molecule has 2 aromatic rings. The van der Waals surface area contributed by atoms with Gasteiger partial charge < -0.3 is 15.1 Å². The van der Waals surface area contributed by atoms with E-state index in [1.165, 1.54) is 49.9 Å². The number of hydrogen-bond acceptors (Lipinski definition) is 5. The average molecular weight is 490 g/mol. The van der Waals surface area contributed by atoms with Crippen molar-refractivity contribution in [1.82, 2.24) is 14.7 Å². The van der Waals surface area contributed by atoms with Gasteiger partial charge in [0.05, 0.1) is 6.54 Å². The molecule has 5 rings (SSSR count). The van der Waals surface area contributed by atoms with Crippen LogP contribution in [0.5, 0.6) is 0 Å². The maximum atomic E-state index is 12.7. The molecule has 1 saturated carbocycles. The minimum atomic E-state index is 0.0954. The van der Waals surface area contributed by atoms with E-state index >= 15 is 0 Å². The lowest BCUT2D eigenvalue weighted by Crippen LogP contribution is -2.49. The standard InChI is InChI=1S/C30H43N5O/c36-30(25-34-17-15-32(16-18-34)23-26-7-3-1-4-8-26)31-28-11-13-29(14-12-28)35-21-19-33(20-22-35)24-27-9-5-2-6-10-27/h2,5-6,9-14,26H,1,3-4,7-8,15-25H2,(H,31,36). The third-order valence-corrected chi connectivity index (χ3v) is 8.21. The van der Waals surface area contributed by atoms with Crippen LogP contribution in [0.25, 0.3) is 0 Å². The Kier molecular flexibility index (Phi) is 8.91. The lowest BCUT2D eigenvalue weighted by molar-refractivity contribution is -0.117. The summed E-state index contributed by atoms with van der Waals surface area (Å²) >= 11 is 0. The van der Waals surface area contributed by atoms with Crippen LogP contribution in [0, 0.1) is 5.92 Å². The fourth-order valence-corrected chi connectivity index (χ4v) is 6.03. The Balaban J connectivity index is 1.01. The summed E-state index contributed by atoms with van der Waals surface area (Å²) in [5.74, 6) is 0.993. The van der Waals surface area contributed by atoms with E-state index in [9.17, 15) is 4.79 Å². The summed E-state index contributed by atoms with van der Waals surface area (Å²) in [7, 11) is 0. The molecule has 0 aromatic heterocycles. The lowest BCUT2D eigenvalue weighted by atomic mass is 9.89. The van der Waals surface area contributed by atoms with E-state index < -0.39 is 0 Å². The van der Waals surface area contributed by atoms with Gasteiger partial charge in [-0.1, -0.05) is 49.6 Å². The molecule has 0 spiro atoms. The van der Waals surface area contributed by atoms with Crippen molar-refractivity contribution in [2.24, 2.45) is 5.92 Å². The zero-order valence-corrected chi connectivity index (χ0v) is 21.8. The Labute approximate surface area is 217 Å². The third-order valence-electron chi connectivity index (χ3n) is 8.21. The van der Waals surface area contributed by atoms with E-state index in [2.05, 4.69) is 67.4 Å². The smallest absolute Gasteiger partial charge is 0.238 e. The van der Waals surface area contributed by atoms with Crippen molar-refractivity contribution in [3.8, 4) is 0 Å². The van der Waals surface area contributed by atoms with Crippen molar-refractivity contribution < 1.29 is 4.79 Å². The highest BCUT2D eigenvalue weighted by Gasteiger charge is 2.23. The van der Waals surface area contributed by atoms with Gasteiger partial charge in [-0.25, -0.2) is 0 Å². The molecule has 0 unspecified atom stereocenters. The second-order valence-electron chi connectivity index (χ2n) is 10.9. The first-order valence-electron chi connectivity index (χ1n) is 14.1. The summed E-state index contributed by atoms with van der Waals surface area (Å²) < 4.78 is 0. The topological polar surface area (TPSA) is 42.1 Å². The molecule has 36 heavy (non-hydrogen) atoms. The molecular weight excluding hydrogens is 446 g/mol. The molecule has 1 N–H and O–H groups in total. The maximum Gasteiger partial charge on any atom is 0.238 e. The number of anilines is 2. The number of hydrogen-bond donors (Lipinski definition) is 1. The molecule has 3 aliphatic rings. The van der Waals surface area contributed by atoms with Gasteiger partial charge in [0, 0.05) is 76.8 Å². The van der Waals surface area contributed by atoms with Gasteiger partial charge >= 0.3 is 0 Å². The fourth-order valence-electron chi connectivity index (χ4n) is 6.03. The van der Waals surface area contributed by atoms with E-state index in [0.29, 0.717) is 6.54 Å². The quantitative estimate of drug-likeness (QED) is 0.604. The molecule has 1 amide bonds. The summed E-state index contributed by atoms with van der Waals surface area (Å²) in [5.41, 5.74) is 3.51. The number of amides is 1. The molecule has 1 aliphatic carbocycles. The molecule has 0 radical (unpaired) electrons. The Morgan fingerprint density at radius 3 is 2.06 bits per heavy atom. The number of nitrogens with zero attached hydrogens (tertiary/aromatic N) is 4. The van der Waals surface area contributed by atoms with Gasteiger partial charge in [-0.05, 0) is 48.6 Å². The molecule has 6 nitrogen and oxygen atoms in total. The van der Waals surface area contributed by atoms with Gasteiger partial charge in [-0.15, -0.1) is 0 Å². The molecule has 3 fully saturated rings. The molecule has 2 aromatic carbocycles. The Hall–Kier alpha value is -2.41. The fraction of sp³-hybridized carbons (Fsp3) is 0.567. The van der Waals surface area contributed by atoms with Crippen molar-refractivity contribution in [2.75, 3.05) is 75.7 Å². The zero-order valence-electron chi connectivity index (χ0n) is 21.8. The molecule has 0 bridgehead atoms. The van der Waals surface area contributed by atoms with Crippen molar-refractivity contribution in [3.63, 3.8) is 0 Å². The first-order valence-corrected chi connectivity index (χ1v) is 14.1. The van der Waals surface area contributed by atoms with Gasteiger partial charge in [0.1, 0.15) is 0 Å². The van der Waals surface area contributed by atoms with Crippen LogP contribution < -0.4 is 10.2 Å². The van der Waals surface area contributed by atoms with Crippen LogP contribution in [0.1, 0.15) is 37.7 Å². The Morgan fingerprint density at radius 1 is 0.722 bits per heavy atom. The van der Waals surface area contributed by atoms with E-state index in [1.54, 1.807) is 0 Å². The summed E-state index contributed by atoms with van der Waals surface area (Å²) in [6.07, 6.45) is 7.07. The minimum absolute atomic E-state index is 0.0954. The lowest BCUT2D eigenvalue weighted by Gasteiger charge is -2.37. The van der Waals surface area contributed by atoms with Crippen LogP contribution >= 0.6 is 0 Å². The predicted molar refractivity (Wildman–Crippen MR) is 148 cm³/mol. The summed E-state index contributed by atoms with van der Waals surface area (Å²) in [6.45, 7) is 11.2. The third kappa shape index (κ3) is 7.31. The van der Waals surface area contributed by atoms with Crippen LogP contribution in [0.4, 0.5) is 11.4 Å². The molecule has 6 heteroatoms. The number of piperazine rings is 2. The SMILES string of the molecule is O=C(CN1CCN(CC2CCCCC2)CC1)Nc1ccc(N2CCN(Cc3ccccc3)CC2)cc1. The molecule has 194 valence electrons. The van der Waals surface area contributed by atoms with Crippen LogP contribution in [0.3, 0.4) is 0 Å². The minimum Gasteiger partial charge on any atom is -0.369 e. The van der Waals surface area contributed by atoms with Crippen LogP contribution in [0.2, 0.25) is 0 Å². The molecule has 2 saturated heterocycles. The second kappa shape index (κ2) is 12.7. The van der Waals surface area contributed by atoms with Gasteiger partial charge in [-0.3, -0.25) is 14.6 Å². The maximum absolute atomic E-state index is 12.7. The van der Waals surface area contributed by atoms with Gasteiger partial charge in [0.2, 0.25) is 5.91 Å². The van der Waals surface area contributed by atoms with Gasteiger partial charge in [0.25, 0.3) is 0 Å². The van der Waals surface area contributed by atoms with Crippen LogP contribution in [-0.2, 0) is 11.3 Å². The number of benzene rings is 2. The zero-order chi connectivity index (χ0) is 24.6. The normalized spacial score (nSPS) is 20.9. The van der Waals surface area contributed by atoms with E-state index in [-0.39, 0.29) is 5.91 Å². The van der Waals surface area contributed by atoms with E-state index in [4.69, 9.17) is 0 Å². The monoisotopic (exact) mass is 489 g/mol. The van der Waals surface area contributed by atoms with Crippen molar-refractivity contribution >= 4 is 17.3 Å². The Bertz CT molecular complexity index is 928. The van der Waals surface area contributed by atoms with Crippen molar-refractivity contribution in [2.45, 2.75) is 38.6 Å². The molecular formula is C30H43N5O. The van der Waals surface area contributed by atoms with Crippen molar-refractivity contribution in [1.29, 1.82) is 0 Å². The summed E-state index contributed by atoms with van der Waals surface area (Å²) in [4.78, 5) is 22.6. The van der Waals surface area contributed by atoms with Crippen molar-refractivity contribution in [3.05, 3.63) is 60.2 Å². The van der Waals surface area contributed by atoms with Crippen LogP contribution in [0.15, 0.2) is 54.6 Å². The number of rotatable bonds is 8. The molecule has 0 atom stereocenters. The predicted octanol–water partition coefficient (Wildman–Crippen LogP) is 4.15. The average Bonchev–Trinajstić information content (AvgIpc) is 2.92. The first kappa shape index (κ1) is 25.2. The largest absolute Gasteiger partial charge is 0.369 e. The summed E-state index contributed by atoms with van der Waals surface area (Å²) in [6, 6.07) is 19.1. The second-order valence-corrected chi connectivity index (χ2v) is 10.9. The number of carbonyl (C=O) groups is 1. The number of carbonyl (C=O) groups excluding carboxylic acids is 1. The van der Waals surface area contributed by atoms with E-state index in [0.717, 1.165) is 70.5 Å². The molecule has 2 aliphatic heterocycles. The van der Waals surface area contributed by atoms with Gasteiger partial charge in [-0.2, -0.15) is 0 Å². The van der Waals surface area contributed by atoms with Gasteiger partial charge in [0.15, 0.2) is 0 Å². The molecule has 2 heterocycles. The highest BCUT2D eigenvalue weighted by atomic mass is 16.2. The highest BCUT2D eigenvalue weighted by Crippen LogP contribution is 2.25. The first-order chi connectivity index (χ1) is 17.7. The van der Waals surface area contributed by atoms with Crippen LogP contribution in [-0.4, -0.2) is 86.1 Å². The highest BCUT2D eigenvalue weighted by molar-refractivity contribution is 5.92. The van der Waals surface area contributed by atoms with E-state index in [1.807, 2.05) is 12.1 Å². The summed E-state index contributed by atoms with van der Waals surface area (Å²) in [5, 5.41) is 3.11.